The fourth-order valence-corrected chi connectivity index (χ4v) is 2.71. The highest BCUT2D eigenvalue weighted by atomic mass is 79.9. The minimum Gasteiger partial charge on any atom is -0.374 e. The molecule has 0 amide bonds. The topological polar surface area (TPSA) is 37.4 Å². The Balaban J connectivity index is 2.00. The van der Waals surface area contributed by atoms with Gasteiger partial charge in [0, 0.05) is 36.0 Å². The molecule has 1 N–H and O–H groups in total. The average Bonchev–Trinajstić information content (AvgIpc) is 2.36. The van der Waals surface area contributed by atoms with Crippen molar-refractivity contribution < 1.29 is 4.74 Å². The van der Waals surface area contributed by atoms with Crippen molar-refractivity contribution in [3.63, 3.8) is 0 Å². The van der Waals surface area contributed by atoms with Gasteiger partial charge in [-0.15, -0.1) is 0 Å². The van der Waals surface area contributed by atoms with E-state index in [0.29, 0.717) is 6.04 Å². The number of morpholine rings is 1. The maximum atomic E-state index is 5.87. The zero-order valence-corrected chi connectivity index (χ0v) is 12.5. The van der Waals surface area contributed by atoms with E-state index in [1.807, 2.05) is 19.4 Å². The minimum atomic E-state index is 0.243. The molecule has 0 saturated carbocycles. The second-order valence-electron chi connectivity index (χ2n) is 4.78. The molecule has 0 radical (unpaired) electrons. The van der Waals surface area contributed by atoms with E-state index < -0.39 is 0 Å². The van der Waals surface area contributed by atoms with Crippen LogP contribution >= 0.6 is 15.9 Å². The number of halogens is 1. The van der Waals surface area contributed by atoms with Crippen molar-refractivity contribution in [3.8, 4) is 0 Å². The lowest BCUT2D eigenvalue weighted by Crippen LogP contribution is -2.51. The molecular formula is C13H20BrN3O. The van der Waals surface area contributed by atoms with E-state index in [0.717, 1.165) is 30.6 Å². The van der Waals surface area contributed by atoms with Gasteiger partial charge in [0.25, 0.3) is 0 Å². The third-order valence-corrected chi connectivity index (χ3v) is 3.77. The van der Waals surface area contributed by atoms with E-state index in [4.69, 9.17) is 4.74 Å². The fourth-order valence-electron chi connectivity index (χ4n) is 2.30. The molecular weight excluding hydrogens is 294 g/mol. The Morgan fingerprint density at radius 1 is 1.61 bits per heavy atom. The molecule has 0 spiro atoms. The van der Waals surface area contributed by atoms with Gasteiger partial charge in [-0.25, -0.2) is 0 Å². The minimum absolute atomic E-state index is 0.243. The van der Waals surface area contributed by atoms with Gasteiger partial charge in [0.2, 0.25) is 0 Å². The largest absolute Gasteiger partial charge is 0.374 e. The molecule has 0 aromatic carbocycles. The van der Waals surface area contributed by atoms with Crippen LogP contribution in [0.1, 0.15) is 5.56 Å². The highest BCUT2D eigenvalue weighted by Crippen LogP contribution is 2.15. The standard InChI is InChI=1S/C13H20BrN3O/c1-15-12(13-9-17(2)3-4-18-13)6-10-5-11(14)8-16-7-10/h5,7-8,12-13,15H,3-4,6,9H2,1-2H3. The zero-order valence-electron chi connectivity index (χ0n) is 10.9. The summed E-state index contributed by atoms with van der Waals surface area (Å²) in [6.45, 7) is 2.81. The number of rotatable bonds is 4. The Hall–Kier alpha value is -0.490. The third kappa shape index (κ3) is 3.75. The molecule has 5 heteroatoms. The van der Waals surface area contributed by atoms with E-state index in [1.54, 1.807) is 0 Å². The van der Waals surface area contributed by atoms with E-state index in [9.17, 15) is 0 Å². The van der Waals surface area contributed by atoms with Crippen LogP contribution in [0.25, 0.3) is 0 Å². The second kappa shape index (κ2) is 6.61. The highest BCUT2D eigenvalue weighted by molar-refractivity contribution is 9.10. The van der Waals surface area contributed by atoms with Crippen LogP contribution in [0, 0.1) is 0 Å². The summed E-state index contributed by atoms with van der Waals surface area (Å²) in [5, 5.41) is 3.37. The molecule has 100 valence electrons. The van der Waals surface area contributed by atoms with E-state index in [-0.39, 0.29) is 6.10 Å². The van der Waals surface area contributed by atoms with Gasteiger partial charge in [0.05, 0.1) is 12.7 Å². The third-order valence-electron chi connectivity index (χ3n) is 3.33. The number of nitrogens with zero attached hydrogens (tertiary/aromatic N) is 2. The summed E-state index contributed by atoms with van der Waals surface area (Å²) < 4.78 is 6.89. The van der Waals surface area contributed by atoms with Crippen molar-refractivity contribution in [1.82, 2.24) is 15.2 Å². The maximum Gasteiger partial charge on any atom is 0.0858 e. The van der Waals surface area contributed by atoms with Crippen LogP contribution in [-0.2, 0) is 11.2 Å². The average molecular weight is 314 g/mol. The first-order valence-corrected chi connectivity index (χ1v) is 7.05. The Kier molecular flexibility index (Phi) is 5.12. The van der Waals surface area contributed by atoms with Gasteiger partial charge in [-0.2, -0.15) is 0 Å². The van der Waals surface area contributed by atoms with Gasteiger partial charge >= 0.3 is 0 Å². The van der Waals surface area contributed by atoms with Crippen LogP contribution in [-0.4, -0.2) is 55.8 Å². The molecule has 0 aliphatic carbocycles. The lowest BCUT2D eigenvalue weighted by atomic mass is 10.0. The van der Waals surface area contributed by atoms with Crippen LogP contribution in [0.2, 0.25) is 0 Å². The predicted molar refractivity (Wildman–Crippen MR) is 75.7 cm³/mol. The quantitative estimate of drug-likeness (QED) is 0.909. The molecule has 2 atom stereocenters. The van der Waals surface area contributed by atoms with Gasteiger partial charge in [0.1, 0.15) is 0 Å². The Morgan fingerprint density at radius 3 is 3.11 bits per heavy atom. The highest BCUT2D eigenvalue weighted by Gasteiger charge is 2.25. The molecule has 1 fully saturated rings. The SMILES string of the molecule is CNC(Cc1cncc(Br)c1)C1CN(C)CCO1. The molecule has 4 nitrogen and oxygen atoms in total. The Morgan fingerprint density at radius 2 is 2.44 bits per heavy atom. The number of ether oxygens (including phenoxy) is 1. The van der Waals surface area contributed by atoms with Crippen LogP contribution < -0.4 is 5.32 Å². The van der Waals surface area contributed by atoms with E-state index >= 15 is 0 Å². The molecule has 1 aromatic rings. The lowest BCUT2D eigenvalue weighted by Gasteiger charge is -2.35. The van der Waals surface area contributed by atoms with E-state index in [1.165, 1.54) is 5.56 Å². The smallest absolute Gasteiger partial charge is 0.0858 e. The van der Waals surface area contributed by atoms with Gasteiger partial charge in [-0.05, 0) is 48.1 Å². The van der Waals surface area contributed by atoms with Crippen molar-refractivity contribution in [3.05, 3.63) is 28.5 Å². The van der Waals surface area contributed by atoms with Crippen molar-refractivity contribution in [2.24, 2.45) is 0 Å². The van der Waals surface area contributed by atoms with Crippen molar-refractivity contribution >= 4 is 15.9 Å². The fraction of sp³-hybridized carbons (Fsp3) is 0.615. The Bertz CT molecular complexity index is 388. The van der Waals surface area contributed by atoms with Crippen LogP contribution in [0.3, 0.4) is 0 Å². The molecule has 2 unspecified atom stereocenters. The Labute approximate surface area is 117 Å². The molecule has 1 aliphatic rings. The number of likely N-dealkylation sites (N-methyl/N-ethyl adjacent to an activating group) is 2. The summed E-state index contributed by atoms with van der Waals surface area (Å²) in [4.78, 5) is 6.52. The number of aromatic nitrogens is 1. The first kappa shape index (κ1) is 13.9. The molecule has 1 saturated heterocycles. The molecule has 1 aromatic heterocycles. The molecule has 18 heavy (non-hydrogen) atoms. The van der Waals surface area contributed by atoms with Gasteiger partial charge < -0.3 is 15.0 Å². The summed E-state index contributed by atoms with van der Waals surface area (Å²) in [7, 11) is 4.14. The maximum absolute atomic E-state index is 5.87. The van der Waals surface area contributed by atoms with Crippen LogP contribution in [0.4, 0.5) is 0 Å². The monoisotopic (exact) mass is 313 g/mol. The molecule has 2 heterocycles. The predicted octanol–water partition coefficient (Wildman–Crippen LogP) is 1.31. The second-order valence-corrected chi connectivity index (χ2v) is 5.70. The number of hydrogen-bond acceptors (Lipinski definition) is 4. The first-order valence-electron chi connectivity index (χ1n) is 6.26. The number of nitrogens with one attached hydrogen (secondary N) is 1. The number of pyridine rings is 1. The molecule has 2 rings (SSSR count). The molecule has 1 aliphatic heterocycles. The van der Waals surface area contributed by atoms with Crippen LogP contribution in [0.15, 0.2) is 22.9 Å². The van der Waals surface area contributed by atoms with Gasteiger partial charge in [-0.3, -0.25) is 4.98 Å². The van der Waals surface area contributed by atoms with Crippen molar-refractivity contribution in [2.75, 3.05) is 33.8 Å². The lowest BCUT2D eigenvalue weighted by molar-refractivity contribution is -0.0372. The summed E-state index contributed by atoms with van der Waals surface area (Å²) in [6.07, 6.45) is 4.90. The van der Waals surface area contributed by atoms with E-state index in [2.05, 4.69) is 44.2 Å². The number of hydrogen-bond donors (Lipinski definition) is 1. The van der Waals surface area contributed by atoms with Crippen molar-refractivity contribution in [1.29, 1.82) is 0 Å². The summed E-state index contributed by atoms with van der Waals surface area (Å²) in [5.41, 5.74) is 1.22. The van der Waals surface area contributed by atoms with Gasteiger partial charge in [0.15, 0.2) is 0 Å². The summed E-state index contributed by atoms with van der Waals surface area (Å²) >= 11 is 3.46. The normalized spacial score (nSPS) is 22.9. The summed E-state index contributed by atoms with van der Waals surface area (Å²) in [5.74, 6) is 0. The van der Waals surface area contributed by atoms with Crippen molar-refractivity contribution in [2.45, 2.75) is 18.6 Å². The first-order chi connectivity index (χ1) is 8.69. The van der Waals surface area contributed by atoms with Gasteiger partial charge in [-0.1, -0.05) is 0 Å². The molecule has 0 bridgehead atoms. The van der Waals surface area contributed by atoms with Crippen LogP contribution in [0.5, 0.6) is 0 Å². The summed E-state index contributed by atoms with van der Waals surface area (Å²) in [6, 6.07) is 2.44. The zero-order chi connectivity index (χ0) is 13.0.